The summed E-state index contributed by atoms with van der Waals surface area (Å²) in [6.07, 6.45) is 2.01. The molecule has 0 bridgehead atoms. The summed E-state index contributed by atoms with van der Waals surface area (Å²) in [4.78, 5) is 0.700. The standard InChI is InChI=1S/C22H27ClN6OS/c1-22(2,3)29-21(24-26-27-29)20(17-11-13-18(23)14-12-17)25-31(30,28-15-7-8-16-28)19-9-5-4-6-10-19/h4-6,9-14,20H,7-8,15-16H2,1-3H3. The number of halogens is 1. The number of nitrogens with zero attached hydrogens (tertiary/aromatic N) is 6. The minimum absolute atomic E-state index is 0.361. The van der Waals surface area contributed by atoms with E-state index in [-0.39, 0.29) is 5.54 Å². The molecule has 1 aromatic heterocycles. The van der Waals surface area contributed by atoms with Crippen LogP contribution in [-0.4, -0.2) is 41.8 Å². The summed E-state index contributed by atoms with van der Waals surface area (Å²) in [6.45, 7) is 7.58. The van der Waals surface area contributed by atoms with Crippen molar-refractivity contribution in [2.75, 3.05) is 13.1 Å². The molecule has 0 radical (unpaired) electrons. The Morgan fingerprint density at radius 1 is 1.03 bits per heavy atom. The fourth-order valence-corrected chi connectivity index (χ4v) is 6.14. The Morgan fingerprint density at radius 3 is 2.29 bits per heavy atom. The van der Waals surface area contributed by atoms with Gasteiger partial charge in [-0.25, -0.2) is 17.6 Å². The first-order valence-electron chi connectivity index (χ1n) is 10.4. The fourth-order valence-electron chi connectivity index (χ4n) is 3.70. The summed E-state index contributed by atoms with van der Waals surface area (Å²) in [6, 6.07) is 16.3. The maximum absolute atomic E-state index is 14.6. The van der Waals surface area contributed by atoms with Gasteiger partial charge < -0.3 is 0 Å². The molecule has 4 rings (SSSR count). The van der Waals surface area contributed by atoms with Gasteiger partial charge in [-0.2, -0.15) is 0 Å². The molecule has 0 amide bonds. The quantitative estimate of drug-likeness (QED) is 0.554. The van der Waals surface area contributed by atoms with Gasteiger partial charge in [0.05, 0.1) is 10.4 Å². The lowest BCUT2D eigenvalue weighted by atomic mass is 10.0. The third-order valence-electron chi connectivity index (χ3n) is 5.27. The molecule has 1 fully saturated rings. The average Bonchev–Trinajstić information content (AvgIpc) is 3.45. The van der Waals surface area contributed by atoms with Crippen LogP contribution in [0.25, 0.3) is 0 Å². The summed E-state index contributed by atoms with van der Waals surface area (Å²) in [5.74, 6) is 0.553. The van der Waals surface area contributed by atoms with Crippen molar-refractivity contribution in [2.24, 2.45) is 4.36 Å². The van der Waals surface area contributed by atoms with Crippen LogP contribution in [0.3, 0.4) is 0 Å². The Kier molecular flexibility index (Phi) is 6.14. The van der Waals surface area contributed by atoms with E-state index in [0.29, 0.717) is 15.7 Å². The van der Waals surface area contributed by atoms with Gasteiger partial charge in [0, 0.05) is 18.1 Å². The van der Waals surface area contributed by atoms with Gasteiger partial charge in [-0.15, -0.1) is 5.10 Å². The normalized spacial score (nSPS) is 17.9. The van der Waals surface area contributed by atoms with Crippen LogP contribution in [0.5, 0.6) is 0 Å². The molecule has 1 aliphatic heterocycles. The van der Waals surface area contributed by atoms with Gasteiger partial charge in [-0.3, -0.25) is 0 Å². The monoisotopic (exact) mass is 458 g/mol. The third-order valence-corrected chi connectivity index (χ3v) is 7.97. The SMILES string of the molecule is CC(C)(C)n1nnnc1C(N=S(=O)(c1ccccc1)N1CCCC1)c1ccc(Cl)cc1. The number of hydrogen-bond donors (Lipinski definition) is 0. The molecule has 1 saturated heterocycles. The Bertz CT molecular complexity index is 1140. The van der Waals surface area contributed by atoms with Crippen LogP contribution in [0.4, 0.5) is 0 Å². The van der Waals surface area contributed by atoms with E-state index in [4.69, 9.17) is 16.0 Å². The maximum atomic E-state index is 14.6. The van der Waals surface area contributed by atoms with Gasteiger partial charge in [-0.1, -0.05) is 41.9 Å². The minimum Gasteiger partial charge on any atom is -0.228 e. The lowest BCUT2D eigenvalue weighted by Crippen LogP contribution is -2.30. The van der Waals surface area contributed by atoms with Gasteiger partial charge in [0.1, 0.15) is 16.0 Å². The first-order valence-corrected chi connectivity index (χ1v) is 12.2. The number of rotatable bonds is 5. The molecule has 1 aliphatic rings. The number of hydrogen-bond acceptors (Lipinski definition) is 5. The second-order valence-corrected chi connectivity index (χ2v) is 11.3. The molecule has 164 valence electrons. The Balaban J connectivity index is 1.96. The molecule has 2 unspecified atom stereocenters. The highest BCUT2D eigenvalue weighted by Crippen LogP contribution is 2.33. The molecule has 2 atom stereocenters. The van der Waals surface area contributed by atoms with Crippen molar-refractivity contribution in [3.63, 3.8) is 0 Å². The Labute approximate surface area is 188 Å². The van der Waals surface area contributed by atoms with E-state index in [2.05, 4.69) is 15.5 Å². The smallest absolute Gasteiger partial charge is 0.181 e. The van der Waals surface area contributed by atoms with Gasteiger partial charge in [0.2, 0.25) is 0 Å². The van der Waals surface area contributed by atoms with Crippen molar-refractivity contribution in [1.29, 1.82) is 0 Å². The molecule has 0 N–H and O–H groups in total. The molecular weight excluding hydrogens is 432 g/mol. The van der Waals surface area contributed by atoms with Crippen molar-refractivity contribution in [3.8, 4) is 0 Å². The van der Waals surface area contributed by atoms with Gasteiger partial charge in [0.25, 0.3) is 0 Å². The lowest BCUT2D eigenvalue weighted by Gasteiger charge is -2.26. The van der Waals surface area contributed by atoms with Gasteiger partial charge in [0.15, 0.2) is 5.82 Å². The molecule has 9 heteroatoms. The minimum atomic E-state index is -2.88. The molecule has 2 aromatic carbocycles. The number of tetrazole rings is 1. The summed E-state index contributed by atoms with van der Waals surface area (Å²) >= 11 is 6.14. The predicted molar refractivity (Wildman–Crippen MR) is 122 cm³/mol. The molecule has 3 aromatic rings. The van der Waals surface area contributed by atoms with Crippen molar-refractivity contribution < 1.29 is 4.21 Å². The van der Waals surface area contributed by atoms with Crippen LogP contribution >= 0.6 is 11.6 Å². The first kappa shape index (κ1) is 21.9. The Morgan fingerprint density at radius 2 is 1.68 bits per heavy atom. The zero-order valence-corrected chi connectivity index (χ0v) is 19.6. The molecule has 31 heavy (non-hydrogen) atoms. The van der Waals surface area contributed by atoms with Crippen LogP contribution in [0.15, 0.2) is 63.9 Å². The van der Waals surface area contributed by atoms with E-state index >= 15 is 0 Å². The van der Waals surface area contributed by atoms with Crippen LogP contribution in [0, 0.1) is 0 Å². The molecule has 2 heterocycles. The van der Waals surface area contributed by atoms with E-state index in [1.807, 2.05) is 79.7 Å². The van der Waals surface area contributed by atoms with Crippen molar-refractivity contribution >= 4 is 21.5 Å². The predicted octanol–water partition coefficient (Wildman–Crippen LogP) is 4.71. The number of benzene rings is 2. The number of aromatic nitrogens is 4. The second-order valence-electron chi connectivity index (χ2n) is 8.63. The van der Waals surface area contributed by atoms with Crippen LogP contribution in [0.1, 0.15) is 51.0 Å². The van der Waals surface area contributed by atoms with E-state index in [1.165, 1.54) is 0 Å². The summed E-state index contributed by atoms with van der Waals surface area (Å²) in [5.41, 5.74) is 0.480. The lowest BCUT2D eigenvalue weighted by molar-refractivity contribution is 0.331. The zero-order valence-electron chi connectivity index (χ0n) is 18.0. The first-order chi connectivity index (χ1) is 14.8. The van der Waals surface area contributed by atoms with Crippen LogP contribution < -0.4 is 0 Å². The highest BCUT2D eigenvalue weighted by molar-refractivity contribution is 7.91. The fraction of sp³-hybridized carbons (Fsp3) is 0.409. The topological polar surface area (TPSA) is 76.3 Å². The second kappa shape index (κ2) is 8.68. The summed E-state index contributed by atoms with van der Waals surface area (Å²) in [7, 11) is -2.88. The maximum Gasteiger partial charge on any atom is 0.181 e. The third kappa shape index (κ3) is 4.51. The summed E-state index contributed by atoms with van der Waals surface area (Å²) < 4.78 is 23.3. The van der Waals surface area contributed by atoms with E-state index in [1.54, 1.807) is 4.68 Å². The zero-order chi connectivity index (χ0) is 22.1. The van der Waals surface area contributed by atoms with Crippen molar-refractivity contribution in [1.82, 2.24) is 24.5 Å². The van der Waals surface area contributed by atoms with Gasteiger partial charge >= 0.3 is 0 Å². The highest BCUT2D eigenvalue weighted by Gasteiger charge is 2.32. The summed E-state index contributed by atoms with van der Waals surface area (Å²) in [5, 5.41) is 13.1. The highest BCUT2D eigenvalue weighted by atomic mass is 35.5. The molecule has 0 saturated carbocycles. The molecule has 0 aliphatic carbocycles. The largest absolute Gasteiger partial charge is 0.228 e. The van der Waals surface area contributed by atoms with Crippen LogP contribution in [-0.2, 0) is 15.5 Å². The Hall–Kier alpha value is -2.29. The molecule has 7 nitrogen and oxygen atoms in total. The van der Waals surface area contributed by atoms with E-state index in [9.17, 15) is 4.21 Å². The van der Waals surface area contributed by atoms with Crippen LogP contribution in [0.2, 0.25) is 5.02 Å². The van der Waals surface area contributed by atoms with Crippen molar-refractivity contribution in [2.45, 2.75) is 50.1 Å². The molecular formula is C22H27ClN6OS. The van der Waals surface area contributed by atoms with Gasteiger partial charge in [-0.05, 0) is 73.9 Å². The van der Waals surface area contributed by atoms with E-state index in [0.717, 1.165) is 31.5 Å². The van der Waals surface area contributed by atoms with Crippen molar-refractivity contribution in [3.05, 3.63) is 71.0 Å². The average molecular weight is 459 g/mol. The molecule has 0 spiro atoms. The van der Waals surface area contributed by atoms with E-state index < -0.39 is 16.0 Å².